The first kappa shape index (κ1) is 16.2. The number of morpholine rings is 1. The van der Waals surface area contributed by atoms with Crippen molar-refractivity contribution in [2.75, 3.05) is 32.8 Å². The van der Waals surface area contributed by atoms with Gasteiger partial charge in [-0.05, 0) is 31.2 Å². The van der Waals surface area contributed by atoms with Crippen LogP contribution in [0.5, 0.6) is 5.75 Å². The Balaban J connectivity index is 1.75. The number of ether oxygens (including phenoxy) is 2. The quantitative estimate of drug-likeness (QED) is 0.757. The number of β-amino-alcohol motifs (C(OH)–C–C–N with tert-alkyl or cyclic N) is 1. The molecule has 1 aliphatic rings. The number of thiocarbonyl (C=S) groups is 1. The highest BCUT2D eigenvalue weighted by atomic mass is 32.1. The lowest BCUT2D eigenvalue weighted by atomic mass is 10.2. The molecule has 0 aromatic heterocycles. The molecule has 1 heterocycles. The van der Waals surface area contributed by atoms with E-state index in [1.165, 1.54) is 0 Å². The molecule has 0 aliphatic carbocycles. The number of aliphatic hydroxyl groups excluding tert-OH is 1. The van der Waals surface area contributed by atoms with Crippen molar-refractivity contribution in [1.29, 1.82) is 0 Å². The van der Waals surface area contributed by atoms with E-state index in [4.69, 9.17) is 27.4 Å². The third-order valence-corrected chi connectivity index (χ3v) is 3.61. The zero-order valence-electron chi connectivity index (χ0n) is 12.2. The van der Waals surface area contributed by atoms with E-state index < -0.39 is 6.10 Å². The summed E-state index contributed by atoms with van der Waals surface area (Å²) in [5.41, 5.74) is 6.34. The lowest BCUT2D eigenvalue weighted by molar-refractivity contribution is -0.0361. The first-order valence-corrected chi connectivity index (χ1v) is 7.50. The molecule has 0 amide bonds. The van der Waals surface area contributed by atoms with Gasteiger partial charge in [0.2, 0.25) is 0 Å². The fraction of sp³-hybridized carbons (Fsp3) is 0.533. The highest BCUT2D eigenvalue weighted by Crippen LogP contribution is 2.13. The molecule has 1 saturated heterocycles. The van der Waals surface area contributed by atoms with Crippen molar-refractivity contribution in [2.24, 2.45) is 5.73 Å². The van der Waals surface area contributed by atoms with E-state index >= 15 is 0 Å². The summed E-state index contributed by atoms with van der Waals surface area (Å²) in [6, 6.07) is 7.23. The third kappa shape index (κ3) is 5.24. The van der Waals surface area contributed by atoms with Crippen LogP contribution in [0.25, 0.3) is 0 Å². The summed E-state index contributed by atoms with van der Waals surface area (Å²) >= 11 is 4.89. The number of nitrogens with two attached hydrogens (primary N) is 1. The van der Waals surface area contributed by atoms with Gasteiger partial charge in [0, 0.05) is 25.2 Å². The van der Waals surface area contributed by atoms with E-state index in [1.54, 1.807) is 12.1 Å². The van der Waals surface area contributed by atoms with Crippen molar-refractivity contribution in [2.45, 2.75) is 19.1 Å². The summed E-state index contributed by atoms with van der Waals surface area (Å²) in [6.45, 7) is 5.31. The third-order valence-electron chi connectivity index (χ3n) is 3.38. The van der Waals surface area contributed by atoms with Gasteiger partial charge in [-0.25, -0.2) is 0 Å². The van der Waals surface area contributed by atoms with Crippen molar-refractivity contribution >= 4 is 17.2 Å². The van der Waals surface area contributed by atoms with E-state index in [9.17, 15) is 5.11 Å². The molecule has 2 rings (SSSR count). The average Bonchev–Trinajstić information content (AvgIpc) is 2.45. The molecule has 0 saturated carbocycles. The smallest absolute Gasteiger partial charge is 0.119 e. The highest BCUT2D eigenvalue weighted by Gasteiger charge is 2.19. The molecule has 116 valence electrons. The molecule has 6 heteroatoms. The van der Waals surface area contributed by atoms with Gasteiger partial charge in [0.25, 0.3) is 0 Å². The van der Waals surface area contributed by atoms with E-state index in [1.807, 2.05) is 19.1 Å². The predicted octanol–water partition coefficient (Wildman–Crippen LogP) is 0.781. The van der Waals surface area contributed by atoms with Crippen LogP contribution in [0, 0.1) is 0 Å². The van der Waals surface area contributed by atoms with Crippen molar-refractivity contribution in [1.82, 2.24) is 4.90 Å². The maximum Gasteiger partial charge on any atom is 0.119 e. The van der Waals surface area contributed by atoms with Gasteiger partial charge >= 0.3 is 0 Å². The Morgan fingerprint density at radius 1 is 1.52 bits per heavy atom. The minimum Gasteiger partial charge on any atom is -0.491 e. The Bertz CT molecular complexity index is 466. The van der Waals surface area contributed by atoms with Crippen LogP contribution in [0.15, 0.2) is 24.3 Å². The van der Waals surface area contributed by atoms with Gasteiger partial charge in [-0.3, -0.25) is 4.90 Å². The molecular formula is C15H22N2O3S. The summed E-state index contributed by atoms with van der Waals surface area (Å²) in [6.07, 6.45) is -0.301. The largest absolute Gasteiger partial charge is 0.491 e. The van der Waals surface area contributed by atoms with Gasteiger partial charge in [-0.2, -0.15) is 0 Å². The van der Waals surface area contributed by atoms with Crippen molar-refractivity contribution < 1.29 is 14.6 Å². The van der Waals surface area contributed by atoms with E-state index in [0.29, 0.717) is 17.3 Å². The zero-order chi connectivity index (χ0) is 15.2. The second-order valence-corrected chi connectivity index (χ2v) is 5.73. The fourth-order valence-electron chi connectivity index (χ4n) is 2.32. The van der Waals surface area contributed by atoms with E-state index in [0.717, 1.165) is 25.3 Å². The zero-order valence-corrected chi connectivity index (χ0v) is 13.0. The van der Waals surface area contributed by atoms with Crippen LogP contribution in [0.2, 0.25) is 0 Å². The monoisotopic (exact) mass is 310 g/mol. The fourth-order valence-corrected chi connectivity index (χ4v) is 2.45. The SMILES string of the molecule is CC1CN(CC(O)COc2ccc(C(N)=S)cc2)CCO1. The van der Waals surface area contributed by atoms with E-state index in [2.05, 4.69) is 4.90 Å². The minimum absolute atomic E-state index is 0.222. The summed E-state index contributed by atoms with van der Waals surface area (Å²) in [5.74, 6) is 0.699. The van der Waals surface area contributed by atoms with Gasteiger partial charge in [0.15, 0.2) is 0 Å². The minimum atomic E-state index is -0.523. The normalized spacial score (nSPS) is 21.0. The number of benzene rings is 1. The molecule has 0 radical (unpaired) electrons. The van der Waals surface area contributed by atoms with Crippen LogP contribution in [0.4, 0.5) is 0 Å². The van der Waals surface area contributed by atoms with E-state index in [-0.39, 0.29) is 12.7 Å². The van der Waals surface area contributed by atoms with Gasteiger partial charge in [0.05, 0.1) is 12.7 Å². The van der Waals surface area contributed by atoms with Gasteiger partial charge in [-0.15, -0.1) is 0 Å². The Labute approximate surface area is 130 Å². The summed E-state index contributed by atoms with van der Waals surface area (Å²) in [7, 11) is 0. The highest BCUT2D eigenvalue weighted by molar-refractivity contribution is 7.80. The molecule has 5 nitrogen and oxygen atoms in total. The van der Waals surface area contributed by atoms with Crippen LogP contribution in [0.1, 0.15) is 12.5 Å². The second kappa shape index (κ2) is 7.70. The Morgan fingerprint density at radius 2 is 2.24 bits per heavy atom. The molecule has 2 atom stereocenters. The first-order valence-electron chi connectivity index (χ1n) is 7.09. The maximum atomic E-state index is 10.0. The van der Waals surface area contributed by atoms with Gasteiger partial charge in [0.1, 0.15) is 23.4 Å². The number of nitrogens with zero attached hydrogens (tertiary/aromatic N) is 1. The number of aliphatic hydroxyl groups is 1. The number of rotatable bonds is 6. The summed E-state index contributed by atoms with van der Waals surface area (Å²) in [5, 5.41) is 10.0. The molecule has 1 fully saturated rings. The molecule has 0 spiro atoms. The van der Waals surface area contributed by atoms with Crippen molar-refractivity contribution in [3.05, 3.63) is 29.8 Å². The Kier molecular flexibility index (Phi) is 5.93. The molecular weight excluding hydrogens is 288 g/mol. The van der Waals surface area contributed by atoms with Crippen LogP contribution in [0.3, 0.4) is 0 Å². The average molecular weight is 310 g/mol. The molecule has 21 heavy (non-hydrogen) atoms. The van der Waals surface area contributed by atoms with Gasteiger partial charge < -0.3 is 20.3 Å². The lowest BCUT2D eigenvalue weighted by Crippen LogP contribution is -2.45. The molecule has 1 aliphatic heterocycles. The van der Waals surface area contributed by atoms with Crippen molar-refractivity contribution in [3.63, 3.8) is 0 Å². The topological polar surface area (TPSA) is 68.0 Å². The maximum absolute atomic E-state index is 10.0. The molecule has 2 unspecified atom stereocenters. The van der Waals surface area contributed by atoms with Crippen LogP contribution in [-0.2, 0) is 4.74 Å². The predicted molar refractivity (Wildman–Crippen MR) is 85.7 cm³/mol. The van der Waals surface area contributed by atoms with Crippen molar-refractivity contribution in [3.8, 4) is 5.75 Å². The molecule has 0 bridgehead atoms. The van der Waals surface area contributed by atoms with Crippen LogP contribution in [-0.4, -0.2) is 60.1 Å². The van der Waals surface area contributed by atoms with Gasteiger partial charge in [-0.1, -0.05) is 12.2 Å². The summed E-state index contributed by atoms with van der Waals surface area (Å²) in [4.78, 5) is 2.56. The standard InChI is InChI=1S/C15H22N2O3S/c1-11-8-17(6-7-19-11)9-13(18)10-20-14-4-2-12(3-5-14)15(16)21/h2-5,11,13,18H,6-10H2,1H3,(H2,16,21). The molecule has 1 aromatic rings. The lowest BCUT2D eigenvalue weighted by Gasteiger charge is -2.32. The van der Waals surface area contributed by atoms with Crippen LogP contribution >= 0.6 is 12.2 Å². The van der Waals surface area contributed by atoms with Crippen LogP contribution < -0.4 is 10.5 Å². The Morgan fingerprint density at radius 3 is 2.86 bits per heavy atom. The first-order chi connectivity index (χ1) is 10.0. The molecule has 3 N–H and O–H groups in total. The Hall–Kier alpha value is -1.21. The number of hydrogen-bond donors (Lipinski definition) is 2. The number of hydrogen-bond acceptors (Lipinski definition) is 5. The molecule has 1 aromatic carbocycles. The summed E-state index contributed by atoms with van der Waals surface area (Å²) < 4.78 is 11.1. The second-order valence-electron chi connectivity index (χ2n) is 5.29.